The third kappa shape index (κ3) is 2.66. The molecule has 2 aliphatic rings. The first-order chi connectivity index (χ1) is 8.34. The van der Waals surface area contributed by atoms with Crippen molar-refractivity contribution in [1.82, 2.24) is 10.3 Å². The number of hydrogen-bond acceptors (Lipinski definition) is 3. The third-order valence-electron chi connectivity index (χ3n) is 3.46. The number of aromatic nitrogens is 1. The standard InChI is InChI=1S/C13H16N2OS.ClH/c16-12-11(9-3-5-14-6-4-9)8-10-2-1-7-17-13(10)15-12;/h1-2,8-9,14H,3-7H2,(H,15,16);1H. The fourth-order valence-electron chi connectivity index (χ4n) is 2.53. The minimum absolute atomic E-state index is 0. The van der Waals surface area contributed by atoms with Crippen LogP contribution in [0.4, 0.5) is 0 Å². The summed E-state index contributed by atoms with van der Waals surface area (Å²) in [5.74, 6) is 1.38. The van der Waals surface area contributed by atoms with Gasteiger partial charge in [0.05, 0.1) is 5.03 Å². The van der Waals surface area contributed by atoms with Gasteiger partial charge in [-0.05, 0) is 37.9 Å². The van der Waals surface area contributed by atoms with E-state index in [0.717, 1.165) is 42.3 Å². The predicted molar refractivity (Wildman–Crippen MR) is 78.9 cm³/mol. The molecule has 1 fully saturated rings. The monoisotopic (exact) mass is 284 g/mol. The summed E-state index contributed by atoms with van der Waals surface area (Å²) in [5.41, 5.74) is 2.25. The number of nitrogens with one attached hydrogen (secondary N) is 2. The zero-order chi connectivity index (χ0) is 11.7. The fourth-order valence-corrected chi connectivity index (χ4v) is 3.35. The summed E-state index contributed by atoms with van der Waals surface area (Å²) in [7, 11) is 0. The lowest BCUT2D eigenvalue weighted by Crippen LogP contribution is -2.29. The molecule has 0 amide bonds. The van der Waals surface area contributed by atoms with E-state index in [1.165, 1.54) is 5.56 Å². The summed E-state index contributed by atoms with van der Waals surface area (Å²) in [6.45, 7) is 2.04. The Labute approximate surface area is 117 Å². The molecule has 5 heteroatoms. The first-order valence-corrected chi connectivity index (χ1v) is 7.10. The van der Waals surface area contributed by atoms with Gasteiger partial charge < -0.3 is 10.3 Å². The molecule has 3 heterocycles. The molecule has 3 nitrogen and oxygen atoms in total. The second-order valence-electron chi connectivity index (χ2n) is 4.58. The molecule has 0 atom stereocenters. The van der Waals surface area contributed by atoms with Gasteiger partial charge in [-0.2, -0.15) is 0 Å². The van der Waals surface area contributed by atoms with Crippen molar-refractivity contribution in [3.8, 4) is 0 Å². The lowest BCUT2D eigenvalue weighted by Gasteiger charge is -2.23. The lowest BCUT2D eigenvalue weighted by atomic mass is 9.90. The van der Waals surface area contributed by atoms with Crippen LogP contribution >= 0.6 is 24.2 Å². The van der Waals surface area contributed by atoms with E-state index < -0.39 is 0 Å². The van der Waals surface area contributed by atoms with Crippen LogP contribution in [0.3, 0.4) is 0 Å². The second kappa shape index (κ2) is 5.95. The average Bonchev–Trinajstić information content (AvgIpc) is 2.39. The first kappa shape index (κ1) is 13.7. The first-order valence-electron chi connectivity index (χ1n) is 6.12. The van der Waals surface area contributed by atoms with Gasteiger partial charge in [0.15, 0.2) is 0 Å². The molecule has 0 unspecified atom stereocenters. The number of H-pyrrole nitrogens is 1. The van der Waals surface area contributed by atoms with Crippen molar-refractivity contribution in [3.05, 3.63) is 33.6 Å². The number of thioether (sulfide) groups is 1. The molecule has 0 bridgehead atoms. The van der Waals surface area contributed by atoms with Crippen LogP contribution < -0.4 is 10.9 Å². The van der Waals surface area contributed by atoms with E-state index in [4.69, 9.17) is 0 Å². The van der Waals surface area contributed by atoms with E-state index in [0.29, 0.717) is 5.92 Å². The van der Waals surface area contributed by atoms with Gasteiger partial charge in [-0.1, -0.05) is 12.2 Å². The van der Waals surface area contributed by atoms with Gasteiger partial charge in [-0.25, -0.2) is 0 Å². The molecule has 98 valence electrons. The molecule has 3 rings (SSSR count). The van der Waals surface area contributed by atoms with E-state index in [-0.39, 0.29) is 18.0 Å². The fraction of sp³-hybridized carbons (Fsp3) is 0.462. The number of pyridine rings is 1. The van der Waals surface area contributed by atoms with Gasteiger partial charge in [-0.15, -0.1) is 24.2 Å². The Kier molecular flexibility index (Phi) is 4.54. The van der Waals surface area contributed by atoms with E-state index in [9.17, 15) is 4.79 Å². The Morgan fingerprint density at radius 1 is 1.28 bits per heavy atom. The van der Waals surface area contributed by atoms with Crippen LogP contribution in [0, 0.1) is 0 Å². The Bertz CT molecular complexity index is 506. The number of fused-ring (bicyclic) bond motifs is 1. The van der Waals surface area contributed by atoms with Crippen LogP contribution in [0.2, 0.25) is 0 Å². The van der Waals surface area contributed by atoms with Crippen molar-refractivity contribution >= 4 is 30.2 Å². The highest BCUT2D eigenvalue weighted by Gasteiger charge is 2.20. The highest BCUT2D eigenvalue weighted by molar-refractivity contribution is 7.99. The van der Waals surface area contributed by atoms with Crippen LogP contribution in [0.25, 0.3) is 6.08 Å². The molecule has 1 saturated heterocycles. The highest BCUT2D eigenvalue weighted by Crippen LogP contribution is 2.29. The number of rotatable bonds is 1. The molecular weight excluding hydrogens is 268 g/mol. The van der Waals surface area contributed by atoms with Gasteiger partial charge in [-0.3, -0.25) is 4.79 Å². The van der Waals surface area contributed by atoms with Crippen LogP contribution in [0.1, 0.15) is 29.9 Å². The van der Waals surface area contributed by atoms with Crippen LogP contribution in [0.5, 0.6) is 0 Å². The van der Waals surface area contributed by atoms with E-state index >= 15 is 0 Å². The SMILES string of the molecule is Cl.O=c1[nH]c2c(cc1C1CCNCC1)C=CCS2. The maximum atomic E-state index is 12.1. The Morgan fingerprint density at radius 2 is 2.06 bits per heavy atom. The molecule has 18 heavy (non-hydrogen) atoms. The Hall–Kier alpha value is -0.710. The number of aromatic amines is 1. The van der Waals surface area contributed by atoms with E-state index in [2.05, 4.69) is 28.5 Å². The van der Waals surface area contributed by atoms with Crippen LogP contribution in [-0.2, 0) is 0 Å². The van der Waals surface area contributed by atoms with Crippen molar-refractivity contribution in [2.24, 2.45) is 0 Å². The average molecular weight is 285 g/mol. The summed E-state index contributed by atoms with van der Waals surface area (Å²) < 4.78 is 0. The second-order valence-corrected chi connectivity index (χ2v) is 5.61. The Balaban J connectivity index is 0.00000120. The Morgan fingerprint density at radius 3 is 2.83 bits per heavy atom. The van der Waals surface area contributed by atoms with Crippen molar-refractivity contribution in [1.29, 1.82) is 0 Å². The molecule has 1 aromatic heterocycles. The minimum Gasteiger partial charge on any atom is -0.317 e. The third-order valence-corrected chi connectivity index (χ3v) is 4.45. The van der Waals surface area contributed by atoms with Crippen molar-refractivity contribution in [2.75, 3.05) is 18.8 Å². The van der Waals surface area contributed by atoms with Gasteiger partial charge in [0.1, 0.15) is 0 Å². The quantitative estimate of drug-likeness (QED) is 0.832. The summed E-state index contributed by atoms with van der Waals surface area (Å²) in [5, 5.41) is 4.36. The molecule has 0 saturated carbocycles. The molecule has 2 aliphatic heterocycles. The van der Waals surface area contributed by atoms with Crippen molar-refractivity contribution in [2.45, 2.75) is 23.8 Å². The van der Waals surface area contributed by atoms with Gasteiger partial charge in [0.2, 0.25) is 0 Å². The molecule has 0 radical (unpaired) electrons. The van der Waals surface area contributed by atoms with Crippen LogP contribution in [0.15, 0.2) is 22.0 Å². The maximum absolute atomic E-state index is 12.1. The van der Waals surface area contributed by atoms with Crippen molar-refractivity contribution in [3.63, 3.8) is 0 Å². The zero-order valence-corrected chi connectivity index (χ0v) is 11.7. The summed E-state index contributed by atoms with van der Waals surface area (Å²) in [6, 6.07) is 2.09. The van der Waals surface area contributed by atoms with Crippen LogP contribution in [-0.4, -0.2) is 23.8 Å². The predicted octanol–water partition coefficient (Wildman–Crippen LogP) is 2.38. The number of hydrogen-bond donors (Lipinski definition) is 2. The van der Waals surface area contributed by atoms with Crippen molar-refractivity contribution < 1.29 is 0 Å². The number of piperidine rings is 1. The molecule has 0 aliphatic carbocycles. The van der Waals surface area contributed by atoms with Gasteiger partial charge in [0.25, 0.3) is 5.56 Å². The topological polar surface area (TPSA) is 44.9 Å². The molecule has 0 aromatic carbocycles. The maximum Gasteiger partial charge on any atom is 0.252 e. The van der Waals surface area contributed by atoms with E-state index in [1.54, 1.807) is 11.8 Å². The number of halogens is 1. The largest absolute Gasteiger partial charge is 0.317 e. The minimum atomic E-state index is 0. The van der Waals surface area contributed by atoms with E-state index in [1.807, 2.05) is 0 Å². The molecular formula is C13H17ClN2OS. The summed E-state index contributed by atoms with van der Waals surface area (Å²) >= 11 is 1.70. The van der Waals surface area contributed by atoms with Gasteiger partial charge in [0, 0.05) is 16.9 Å². The smallest absolute Gasteiger partial charge is 0.252 e. The lowest BCUT2D eigenvalue weighted by molar-refractivity contribution is 0.457. The molecule has 1 aromatic rings. The molecule has 2 N–H and O–H groups in total. The normalized spacial score (nSPS) is 19.1. The highest BCUT2D eigenvalue weighted by atomic mass is 35.5. The van der Waals surface area contributed by atoms with Gasteiger partial charge >= 0.3 is 0 Å². The zero-order valence-electron chi connectivity index (χ0n) is 10.1. The molecule has 0 spiro atoms. The summed E-state index contributed by atoms with van der Waals surface area (Å²) in [6.07, 6.45) is 6.40. The summed E-state index contributed by atoms with van der Waals surface area (Å²) in [4.78, 5) is 15.1.